The molecule has 0 bridgehead atoms. The molecular weight excluding hydrogens is 343 g/mol. The van der Waals surface area contributed by atoms with Crippen molar-refractivity contribution < 1.29 is 4.79 Å². The minimum absolute atomic E-state index is 0.0411. The van der Waals surface area contributed by atoms with Crippen LogP contribution < -0.4 is 10.6 Å². The van der Waals surface area contributed by atoms with E-state index in [1.54, 1.807) is 24.3 Å². The lowest BCUT2D eigenvalue weighted by molar-refractivity contribution is -0.121. The first-order valence-corrected chi connectivity index (χ1v) is 7.88. The summed E-state index contributed by atoms with van der Waals surface area (Å²) in [5.74, 6) is -0.0411. The summed E-state index contributed by atoms with van der Waals surface area (Å²) in [6.07, 6.45) is 0.344. The van der Waals surface area contributed by atoms with E-state index < -0.39 is 0 Å². The van der Waals surface area contributed by atoms with Gasteiger partial charge in [-0.05, 0) is 29.8 Å². The van der Waals surface area contributed by atoms with Gasteiger partial charge in [-0.25, -0.2) is 0 Å². The lowest BCUT2D eigenvalue weighted by Gasteiger charge is -2.09. The fourth-order valence-corrected chi connectivity index (χ4v) is 2.34. The first-order chi connectivity index (χ1) is 10.6. The average Bonchev–Trinajstić information content (AvgIpc) is 2.51. The first kappa shape index (κ1) is 16.9. The van der Waals surface area contributed by atoms with Gasteiger partial charge in [0, 0.05) is 24.5 Å². The first-order valence-electron chi connectivity index (χ1n) is 6.75. The van der Waals surface area contributed by atoms with E-state index in [0.717, 1.165) is 11.3 Å². The van der Waals surface area contributed by atoms with Gasteiger partial charge >= 0.3 is 0 Å². The van der Waals surface area contributed by atoms with E-state index in [1.165, 1.54) is 0 Å². The molecule has 2 rings (SSSR count). The number of carbonyl (C=O) groups excluding carboxylic acids is 1. The fourth-order valence-electron chi connectivity index (χ4n) is 1.84. The van der Waals surface area contributed by atoms with Gasteiger partial charge in [-0.2, -0.15) is 0 Å². The summed E-state index contributed by atoms with van der Waals surface area (Å²) in [5, 5.41) is 7.57. The zero-order chi connectivity index (χ0) is 15.9. The standard InChI is InChI=1S/C16H15Cl3N2O/c17-12-6-4-11(5-7-12)10-21-15(22)8-9-20-14-3-1-2-13(18)16(14)19/h1-7,20H,8-10H2,(H,21,22). The van der Waals surface area contributed by atoms with Crippen molar-refractivity contribution in [2.45, 2.75) is 13.0 Å². The van der Waals surface area contributed by atoms with E-state index in [9.17, 15) is 4.79 Å². The van der Waals surface area contributed by atoms with E-state index in [1.807, 2.05) is 18.2 Å². The van der Waals surface area contributed by atoms with Crippen LogP contribution in [0.3, 0.4) is 0 Å². The Labute approximate surface area is 144 Å². The highest BCUT2D eigenvalue weighted by atomic mass is 35.5. The molecule has 6 heteroatoms. The van der Waals surface area contributed by atoms with Gasteiger partial charge in [-0.3, -0.25) is 4.79 Å². The molecule has 0 unspecified atom stereocenters. The van der Waals surface area contributed by atoms with Crippen molar-refractivity contribution in [1.82, 2.24) is 5.32 Å². The highest BCUT2D eigenvalue weighted by Gasteiger charge is 2.05. The maximum absolute atomic E-state index is 11.8. The number of benzene rings is 2. The predicted octanol–water partition coefficient (Wildman–Crippen LogP) is 4.77. The van der Waals surface area contributed by atoms with E-state index in [-0.39, 0.29) is 5.91 Å². The normalized spacial score (nSPS) is 10.3. The number of carbonyl (C=O) groups is 1. The van der Waals surface area contributed by atoms with Crippen LogP contribution in [-0.2, 0) is 11.3 Å². The van der Waals surface area contributed by atoms with Gasteiger partial charge < -0.3 is 10.6 Å². The summed E-state index contributed by atoms with van der Waals surface area (Å²) in [6, 6.07) is 12.7. The molecule has 2 aromatic carbocycles. The van der Waals surface area contributed by atoms with Crippen molar-refractivity contribution in [2.75, 3.05) is 11.9 Å². The van der Waals surface area contributed by atoms with Crippen LogP contribution in [0, 0.1) is 0 Å². The van der Waals surface area contributed by atoms with Gasteiger partial charge in [0.15, 0.2) is 0 Å². The molecule has 116 valence electrons. The fraction of sp³-hybridized carbons (Fsp3) is 0.188. The molecule has 0 aliphatic rings. The molecule has 0 aromatic heterocycles. The average molecular weight is 358 g/mol. The minimum Gasteiger partial charge on any atom is -0.383 e. The van der Waals surface area contributed by atoms with Gasteiger partial charge in [-0.1, -0.05) is 53.0 Å². The molecule has 0 spiro atoms. The van der Waals surface area contributed by atoms with Crippen LogP contribution in [0.1, 0.15) is 12.0 Å². The van der Waals surface area contributed by atoms with Gasteiger partial charge in [-0.15, -0.1) is 0 Å². The number of halogens is 3. The second kappa shape index (κ2) is 8.28. The molecular formula is C16H15Cl3N2O. The van der Waals surface area contributed by atoms with E-state index >= 15 is 0 Å². The monoisotopic (exact) mass is 356 g/mol. The third-order valence-electron chi connectivity index (χ3n) is 3.02. The molecule has 1 amide bonds. The van der Waals surface area contributed by atoms with Gasteiger partial charge in [0.2, 0.25) is 5.91 Å². The molecule has 0 aliphatic heterocycles. The van der Waals surface area contributed by atoms with Crippen molar-refractivity contribution >= 4 is 46.4 Å². The van der Waals surface area contributed by atoms with Crippen LogP contribution in [0.25, 0.3) is 0 Å². The lowest BCUT2D eigenvalue weighted by Crippen LogP contribution is -2.24. The Kier molecular flexibility index (Phi) is 6.37. The van der Waals surface area contributed by atoms with Crippen molar-refractivity contribution in [1.29, 1.82) is 0 Å². The van der Waals surface area contributed by atoms with E-state index in [2.05, 4.69) is 10.6 Å². The van der Waals surface area contributed by atoms with E-state index in [0.29, 0.717) is 34.6 Å². The largest absolute Gasteiger partial charge is 0.383 e. The molecule has 0 heterocycles. The SMILES string of the molecule is O=C(CCNc1cccc(Cl)c1Cl)NCc1ccc(Cl)cc1. The Morgan fingerprint density at radius 1 is 1.00 bits per heavy atom. The number of rotatable bonds is 6. The Bertz CT molecular complexity index is 644. The van der Waals surface area contributed by atoms with Crippen LogP contribution in [0.5, 0.6) is 0 Å². The zero-order valence-corrected chi connectivity index (χ0v) is 14.0. The molecule has 3 nitrogen and oxygen atoms in total. The summed E-state index contributed by atoms with van der Waals surface area (Å²) in [4.78, 5) is 11.8. The van der Waals surface area contributed by atoms with Gasteiger partial charge in [0.1, 0.15) is 0 Å². The summed E-state index contributed by atoms with van der Waals surface area (Å²) >= 11 is 17.8. The van der Waals surface area contributed by atoms with Crippen molar-refractivity contribution in [3.63, 3.8) is 0 Å². The Morgan fingerprint density at radius 2 is 1.73 bits per heavy atom. The topological polar surface area (TPSA) is 41.1 Å². The summed E-state index contributed by atoms with van der Waals surface area (Å²) in [7, 11) is 0. The Hall–Kier alpha value is -1.42. The van der Waals surface area contributed by atoms with Crippen LogP contribution in [0.2, 0.25) is 15.1 Å². The third kappa shape index (κ3) is 5.09. The summed E-state index contributed by atoms with van der Waals surface area (Å²) in [6.45, 7) is 0.959. The molecule has 0 radical (unpaired) electrons. The highest BCUT2D eigenvalue weighted by Crippen LogP contribution is 2.29. The van der Waals surface area contributed by atoms with Gasteiger partial charge in [0.25, 0.3) is 0 Å². The Morgan fingerprint density at radius 3 is 2.45 bits per heavy atom. The van der Waals surface area contributed by atoms with Crippen LogP contribution in [-0.4, -0.2) is 12.5 Å². The molecule has 2 N–H and O–H groups in total. The zero-order valence-electron chi connectivity index (χ0n) is 11.7. The second-order valence-electron chi connectivity index (χ2n) is 4.68. The van der Waals surface area contributed by atoms with Crippen molar-refractivity contribution in [3.05, 3.63) is 63.1 Å². The number of nitrogens with one attached hydrogen (secondary N) is 2. The smallest absolute Gasteiger partial charge is 0.222 e. The highest BCUT2D eigenvalue weighted by molar-refractivity contribution is 6.43. The van der Waals surface area contributed by atoms with Gasteiger partial charge in [0.05, 0.1) is 15.7 Å². The summed E-state index contributed by atoms with van der Waals surface area (Å²) < 4.78 is 0. The van der Waals surface area contributed by atoms with Crippen LogP contribution in [0.4, 0.5) is 5.69 Å². The molecule has 0 saturated carbocycles. The third-order valence-corrected chi connectivity index (χ3v) is 4.09. The van der Waals surface area contributed by atoms with Crippen molar-refractivity contribution in [2.24, 2.45) is 0 Å². The Balaban J connectivity index is 1.74. The van der Waals surface area contributed by atoms with Crippen molar-refractivity contribution in [3.8, 4) is 0 Å². The van der Waals surface area contributed by atoms with Crippen LogP contribution >= 0.6 is 34.8 Å². The van der Waals surface area contributed by atoms with Crippen LogP contribution in [0.15, 0.2) is 42.5 Å². The number of amides is 1. The maximum atomic E-state index is 11.8. The predicted molar refractivity (Wildman–Crippen MR) is 92.9 cm³/mol. The molecule has 0 saturated heterocycles. The molecule has 0 aliphatic carbocycles. The second-order valence-corrected chi connectivity index (χ2v) is 5.90. The number of hydrogen-bond acceptors (Lipinski definition) is 2. The quantitative estimate of drug-likeness (QED) is 0.782. The minimum atomic E-state index is -0.0411. The number of hydrogen-bond donors (Lipinski definition) is 2. The lowest BCUT2D eigenvalue weighted by atomic mass is 10.2. The summed E-state index contributed by atoms with van der Waals surface area (Å²) in [5.41, 5.74) is 1.73. The maximum Gasteiger partial charge on any atom is 0.222 e. The molecule has 2 aromatic rings. The molecule has 0 atom stereocenters. The number of anilines is 1. The molecule has 0 fully saturated rings. The van der Waals surface area contributed by atoms with E-state index in [4.69, 9.17) is 34.8 Å². The molecule has 22 heavy (non-hydrogen) atoms.